The van der Waals surface area contributed by atoms with Crippen LogP contribution in [0.25, 0.3) is 0 Å². The zero-order chi connectivity index (χ0) is 15.5. The number of nitrogens with zero attached hydrogens (tertiary/aromatic N) is 3. The number of amides is 1. The summed E-state index contributed by atoms with van der Waals surface area (Å²) in [5.41, 5.74) is 2.37. The number of hydrogen-bond donors (Lipinski definition) is 1. The van der Waals surface area contributed by atoms with Crippen molar-refractivity contribution in [3.05, 3.63) is 47.7 Å². The smallest absolute Gasteiger partial charge is 0.415 e. The molecule has 1 saturated heterocycles. The molecular weight excluding hydrogens is 280 g/mol. The van der Waals surface area contributed by atoms with Gasteiger partial charge in [0.1, 0.15) is 12.4 Å². The second-order valence-corrected chi connectivity index (χ2v) is 5.37. The van der Waals surface area contributed by atoms with Gasteiger partial charge in [-0.1, -0.05) is 29.8 Å². The van der Waals surface area contributed by atoms with Crippen LogP contribution in [0.15, 0.2) is 36.5 Å². The summed E-state index contributed by atoms with van der Waals surface area (Å²) in [5.74, 6) is 1.04. The van der Waals surface area contributed by atoms with E-state index in [4.69, 9.17) is 4.74 Å². The van der Waals surface area contributed by atoms with Crippen LogP contribution in [0.1, 0.15) is 18.1 Å². The number of cyclic esters (lactones) is 1. The van der Waals surface area contributed by atoms with E-state index in [0.717, 1.165) is 5.56 Å². The first-order valence-electron chi connectivity index (χ1n) is 7.22. The van der Waals surface area contributed by atoms with Crippen LogP contribution in [0.2, 0.25) is 0 Å². The Morgan fingerprint density at radius 1 is 1.32 bits per heavy atom. The van der Waals surface area contributed by atoms with E-state index in [-0.39, 0.29) is 12.1 Å². The molecule has 0 spiro atoms. The highest BCUT2D eigenvalue weighted by Gasteiger charge is 2.31. The Balaban J connectivity index is 1.71. The van der Waals surface area contributed by atoms with Crippen LogP contribution in [0, 0.1) is 6.92 Å². The average Bonchev–Trinajstić information content (AvgIpc) is 2.86. The zero-order valence-electron chi connectivity index (χ0n) is 12.6. The van der Waals surface area contributed by atoms with E-state index in [9.17, 15) is 4.79 Å². The Hall–Kier alpha value is -2.63. The molecule has 1 N–H and O–H groups in total. The van der Waals surface area contributed by atoms with Gasteiger partial charge in [-0.2, -0.15) is 4.98 Å². The minimum absolute atomic E-state index is 0.0210. The number of rotatable bonds is 4. The predicted molar refractivity (Wildman–Crippen MR) is 83.8 cm³/mol. The standard InChI is InChI=1S/C16H18N4O2/c1-11-3-5-13(6-4-11)9-18-15-17-8-7-14(19-15)20-12(2)10-22-16(20)21/h3-8,12H,9-10H2,1-2H3,(H,17,18,19). The summed E-state index contributed by atoms with van der Waals surface area (Å²) in [4.78, 5) is 21.9. The molecule has 2 aromatic rings. The highest BCUT2D eigenvalue weighted by atomic mass is 16.6. The number of aryl methyl sites for hydroxylation is 1. The minimum atomic E-state index is -0.365. The van der Waals surface area contributed by atoms with Gasteiger partial charge in [-0.25, -0.2) is 9.78 Å². The number of nitrogens with one attached hydrogen (secondary N) is 1. The van der Waals surface area contributed by atoms with E-state index in [0.29, 0.717) is 24.9 Å². The lowest BCUT2D eigenvalue weighted by molar-refractivity contribution is 0.179. The number of aromatic nitrogens is 2. The van der Waals surface area contributed by atoms with Gasteiger partial charge in [-0.05, 0) is 25.5 Å². The Bertz CT molecular complexity index is 672. The van der Waals surface area contributed by atoms with Gasteiger partial charge in [0.2, 0.25) is 5.95 Å². The molecule has 1 aromatic carbocycles. The normalized spacial score (nSPS) is 17.5. The number of carbonyl (C=O) groups excluding carboxylic acids is 1. The second kappa shape index (κ2) is 6.01. The maximum absolute atomic E-state index is 11.7. The molecule has 22 heavy (non-hydrogen) atoms. The highest BCUT2D eigenvalue weighted by molar-refractivity contribution is 5.89. The molecule has 0 aliphatic carbocycles. The summed E-state index contributed by atoms with van der Waals surface area (Å²) in [5, 5.41) is 3.17. The molecule has 1 amide bonds. The third-order valence-electron chi connectivity index (χ3n) is 3.54. The number of hydrogen-bond acceptors (Lipinski definition) is 5. The van der Waals surface area contributed by atoms with Crippen molar-refractivity contribution in [2.75, 3.05) is 16.8 Å². The van der Waals surface area contributed by atoms with Crippen molar-refractivity contribution in [2.45, 2.75) is 26.4 Å². The van der Waals surface area contributed by atoms with Gasteiger partial charge in [-0.15, -0.1) is 0 Å². The summed E-state index contributed by atoms with van der Waals surface area (Å²) in [6.07, 6.45) is 1.27. The van der Waals surface area contributed by atoms with E-state index in [1.807, 2.05) is 6.92 Å². The maximum Gasteiger partial charge on any atom is 0.415 e. The van der Waals surface area contributed by atoms with Crippen LogP contribution in [-0.2, 0) is 11.3 Å². The quantitative estimate of drug-likeness (QED) is 0.940. The Morgan fingerprint density at radius 3 is 2.77 bits per heavy atom. The van der Waals surface area contributed by atoms with Crippen molar-refractivity contribution in [1.82, 2.24) is 9.97 Å². The molecule has 6 nitrogen and oxygen atoms in total. The van der Waals surface area contributed by atoms with Gasteiger partial charge in [0.05, 0.1) is 6.04 Å². The lowest BCUT2D eigenvalue weighted by Crippen LogP contribution is -2.31. The number of benzene rings is 1. The summed E-state index contributed by atoms with van der Waals surface area (Å²) in [6.45, 7) is 4.99. The Morgan fingerprint density at radius 2 is 2.09 bits per heavy atom. The van der Waals surface area contributed by atoms with Crippen molar-refractivity contribution < 1.29 is 9.53 Å². The van der Waals surface area contributed by atoms with Crippen molar-refractivity contribution in [1.29, 1.82) is 0 Å². The van der Waals surface area contributed by atoms with Crippen LogP contribution < -0.4 is 10.2 Å². The summed E-state index contributed by atoms with van der Waals surface area (Å²) < 4.78 is 5.02. The van der Waals surface area contributed by atoms with Gasteiger partial charge in [-0.3, -0.25) is 4.90 Å². The molecule has 3 rings (SSSR count). The van der Waals surface area contributed by atoms with Gasteiger partial charge in [0.25, 0.3) is 0 Å². The monoisotopic (exact) mass is 298 g/mol. The fourth-order valence-electron chi connectivity index (χ4n) is 2.29. The topological polar surface area (TPSA) is 67.4 Å². The van der Waals surface area contributed by atoms with Crippen molar-refractivity contribution >= 4 is 17.9 Å². The van der Waals surface area contributed by atoms with E-state index >= 15 is 0 Å². The van der Waals surface area contributed by atoms with Crippen LogP contribution >= 0.6 is 0 Å². The van der Waals surface area contributed by atoms with Gasteiger partial charge in [0, 0.05) is 12.7 Å². The van der Waals surface area contributed by atoms with Gasteiger partial charge < -0.3 is 10.1 Å². The minimum Gasteiger partial charge on any atom is -0.447 e. The average molecular weight is 298 g/mol. The molecule has 1 aliphatic rings. The highest BCUT2D eigenvalue weighted by Crippen LogP contribution is 2.21. The zero-order valence-corrected chi connectivity index (χ0v) is 12.6. The van der Waals surface area contributed by atoms with Crippen molar-refractivity contribution in [2.24, 2.45) is 0 Å². The molecular formula is C16H18N4O2. The van der Waals surface area contributed by atoms with Crippen LogP contribution in [-0.4, -0.2) is 28.7 Å². The second-order valence-electron chi connectivity index (χ2n) is 5.37. The fraction of sp³-hybridized carbons (Fsp3) is 0.312. The fourth-order valence-corrected chi connectivity index (χ4v) is 2.29. The Kier molecular flexibility index (Phi) is 3.91. The van der Waals surface area contributed by atoms with Crippen LogP contribution in [0.5, 0.6) is 0 Å². The Labute approximate surface area is 129 Å². The van der Waals surface area contributed by atoms with Crippen LogP contribution in [0.4, 0.5) is 16.6 Å². The first kappa shape index (κ1) is 14.3. The molecule has 114 valence electrons. The third-order valence-corrected chi connectivity index (χ3v) is 3.54. The predicted octanol–water partition coefficient (Wildman–Crippen LogP) is 2.74. The summed E-state index contributed by atoms with van der Waals surface area (Å²) in [6, 6.07) is 9.94. The maximum atomic E-state index is 11.7. The molecule has 1 fully saturated rings. The van der Waals surface area contributed by atoms with E-state index in [1.165, 1.54) is 5.56 Å². The molecule has 1 atom stereocenters. The third kappa shape index (κ3) is 3.00. The molecule has 2 heterocycles. The molecule has 1 aromatic heterocycles. The van der Waals surface area contributed by atoms with E-state index in [1.54, 1.807) is 17.2 Å². The summed E-state index contributed by atoms with van der Waals surface area (Å²) in [7, 11) is 0. The van der Waals surface area contributed by atoms with Crippen molar-refractivity contribution in [3.63, 3.8) is 0 Å². The van der Waals surface area contributed by atoms with Gasteiger partial charge >= 0.3 is 6.09 Å². The first-order chi connectivity index (χ1) is 10.6. The molecule has 0 saturated carbocycles. The molecule has 6 heteroatoms. The first-order valence-corrected chi connectivity index (χ1v) is 7.22. The number of ether oxygens (including phenoxy) is 1. The largest absolute Gasteiger partial charge is 0.447 e. The lowest BCUT2D eigenvalue weighted by Gasteiger charge is -2.17. The molecule has 1 aliphatic heterocycles. The molecule has 1 unspecified atom stereocenters. The van der Waals surface area contributed by atoms with Crippen LogP contribution in [0.3, 0.4) is 0 Å². The van der Waals surface area contributed by atoms with Gasteiger partial charge in [0.15, 0.2) is 0 Å². The van der Waals surface area contributed by atoms with Crippen molar-refractivity contribution in [3.8, 4) is 0 Å². The number of anilines is 2. The van der Waals surface area contributed by atoms with E-state index < -0.39 is 0 Å². The SMILES string of the molecule is Cc1ccc(CNc2nccc(N3C(=O)OCC3C)n2)cc1. The van der Waals surface area contributed by atoms with E-state index in [2.05, 4.69) is 46.5 Å². The lowest BCUT2D eigenvalue weighted by atomic mass is 10.1. The molecule has 0 radical (unpaired) electrons. The number of carbonyl (C=O) groups is 1. The molecule has 0 bridgehead atoms. The summed E-state index contributed by atoms with van der Waals surface area (Å²) >= 11 is 0.